The van der Waals surface area contributed by atoms with Crippen LogP contribution in [-0.2, 0) is 5.41 Å². The van der Waals surface area contributed by atoms with Crippen molar-refractivity contribution >= 4 is 10.9 Å². The Balaban J connectivity index is 1.06. The predicted octanol–water partition coefficient (Wildman–Crippen LogP) is 13.2. The first-order chi connectivity index (χ1) is 29.7. The zero-order valence-corrected chi connectivity index (χ0v) is 32.3. The van der Waals surface area contributed by atoms with Gasteiger partial charge in [-0.2, -0.15) is 0 Å². The largest absolute Gasteiger partial charge is 0.457 e. The van der Waals surface area contributed by atoms with Gasteiger partial charge in [-0.1, -0.05) is 164 Å². The van der Waals surface area contributed by atoms with Crippen molar-refractivity contribution in [1.29, 1.82) is 0 Å². The molecule has 280 valence electrons. The minimum Gasteiger partial charge on any atom is -0.457 e. The van der Waals surface area contributed by atoms with Crippen LogP contribution in [0, 0.1) is 0 Å². The summed E-state index contributed by atoms with van der Waals surface area (Å²) in [6.45, 7) is 0. The van der Waals surface area contributed by atoms with Gasteiger partial charge in [0.15, 0.2) is 17.5 Å². The van der Waals surface area contributed by atoms with E-state index in [1.54, 1.807) is 0 Å². The molecule has 1 aliphatic carbocycles. The van der Waals surface area contributed by atoms with E-state index in [9.17, 15) is 0 Å². The topological polar surface area (TPSA) is 60.8 Å². The number of pyridine rings is 1. The van der Waals surface area contributed by atoms with Crippen molar-refractivity contribution in [3.63, 3.8) is 0 Å². The van der Waals surface area contributed by atoms with Gasteiger partial charge in [0.25, 0.3) is 0 Å². The Labute approximate surface area is 347 Å². The van der Waals surface area contributed by atoms with E-state index >= 15 is 0 Å². The summed E-state index contributed by atoms with van der Waals surface area (Å²) in [5, 5.41) is 1.14. The molecule has 0 saturated carbocycles. The second kappa shape index (κ2) is 13.5. The lowest BCUT2D eigenvalue weighted by Crippen LogP contribution is -2.32. The molecule has 1 aliphatic heterocycles. The summed E-state index contributed by atoms with van der Waals surface area (Å²) >= 11 is 0. The number of para-hydroxylation sites is 3. The van der Waals surface area contributed by atoms with Gasteiger partial charge in [0.1, 0.15) is 11.5 Å². The van der Waals surface area contributed by atoms with Crippen molar-refractivity contribution in [3.8, 4) is 79.0 Å². The fourth-order valence-electron chi connectivity index (χ4n) is 9.35. The zero-order valence-electron chi connectivity index (χ0n) is 32.3. The average Bonchev–Trinajstić information content (AvgIpc) is 3.61. The summed E-state index contributed by atoms with van der Waals surface area (Å²) < 4.78 is 6.63. The first kappa shape index (κ1) is 34.1. The van der Waals surface area contributed by atoms with Gasteiger partial charge in [-0.25, -0.2) is 15.0 Å². The molecule has 5 heteroatoms. The maximum Gasteiger partial charge on any atom is 0.164 e. The monoisotopic (exact) mass is 766 g/mol. The van der Waals surface area contributed by atoms with Gasteiger partial charge in [0, 0.05) is 39.4 Å². The number of fused-ring (bicyclic) bond motifs is 10. The summed E-state index contributed by atoms with van der Waals surface area (Å²) in [5.41, 5.74) is 14.7. The maximum absolute atomic E-state index is 6.63. The van der Waals surface area contributed by atoms with Gasteiger partial charge in [0.05, 0.1) is 10.9 Å². The Morgan fingerprint density at radius 1 is 0.333 bits per heavy atom. The van der Waals surface area contributed by atoms with Crippen molar-refractivity contribution in [3.05, 3.63) is 229 Å². The highest BCUT2D eigenvalue weighted by molar-refractivity contribution is 5.95. The number of nitrogens with zero attached hydrogens (tertiary/aromatic N) is 4. The number of hydrogen-bond donors (Lipinski definition) is 0. The van der Waals surface area contributed by atoms with Crippen LogP contribution < -0.4 is 4.74 Å². The van der Waals surface area contributed by atoms with Crippen LogP contribution in [0.3, 0.4) is 0 Å². The predicted molar refractivity (Wildman–Crippen MR) is 240 cm³/mol. The molecule has 8 aromatic carbocycles. The van der Waals surface area contributed by atoms with Crippen LogP contribution in [0.1, 0.15) is 22.3 Å². The number of rotatable bonds is 5. The Hall–Kier alpha value is -8.02. The molecule has 0 amide bonds. The molecule has 12 rings (SSSR count). The minimum absolute atomic E-state index is 0.608. The number of aromatic nitrogens is 4. The van der Waals surface area contributed by atoms with Crippen molar-refractivity contribution in [1.82, 2.24) is 19.9 Å². The van der Waals surface area contributed by atoms with Crippen molar-refractivity contribution in [2.75, 3.05) is 0 Å². The fourth-order valence-corrected chi connectivity index (χ4v) is 9.35. The van der Waals surface area contributed by atoms with E-state index in [0.29, 0.717) is 17.5 Å². The summed E-state index contributed by atoms with van der Waals surface area (Å²) in [4.78, 5) is 19.8. The summed E-state index contributed by atoms with van der Waals surface area (Å²) in [7, 11) is 0. The van der Waals surface area contributed by atoms with Gasteiger partial charge in [0.2, 0.25) is 0 Å². The zero-order chi connectivity index (χ0) is 39.6. The number of ether oxygens (including phenoxy) is 1. The lowest BCUT2D eigenvalue weighted by Gasteiger charge is -2.39. The molecule has 10 aromatic rings. The minimum atomic E-state index is -0.608. The van der Waals surface area contributed by atoms with Crippen LogP contribution in [0.25, 0.3) is 78.4 Å². The second-order valence-electron chi connectivity index (χ2n) is 15.4. The molecule has 2 aromatic heterocycles. The van der Waals surface area contributed by atoms with E-state index in [1.165, 1.54) is 22.3 Å². The van der Waals surface area contributed by atoms with Crippen LogP contribution in [-0.4, -0.2) is 19.9 Å². The van der Waals surface area contributed by atoms with Crippen LogP contribution in [0.15, 0.2) is 206 Å². The number of benzene rings is 8. The third-order valence-corrected chi connectivity index (χ3v) is 12.1. The Morgan fingerprint density at radius 2 is 0.817 bits per heavy atom. The molecule has 60 heavy (non-hydrogen) atoms. The third kappa shape index (κ3) is 5.26. The van der Waals surface area contributed by atoms with Gasteiger partial charge in [-0.15, -0.1) is 0 Å². The summed E-state index contributed by atoms with van der Waals surface area (Å²) in [6, 6.07) is 70.2. The molecule has 0 saturated heterocycles. The molecular weight excluding hydrogens is 733 g/mol. The Morgan fingerprint density at radius 3 is 1.45 bits per heavy atom. The summed E-state index contributed by atoms with van der Waals surface area (Å²) in [5.74, 6) is 3.61. The SMILES string of the molecule is c1ccc(-c2nc(-c3ccccc3)nc(-c3ccc4c(c3)-c3cc(-c5ccc(-c6ccnc7ccccc67)cc5)ccc3C43c4ccccc4Oc4ccccc43)n2)cc1. The molecule has 0 fully saturated rings. The fraction of sp³-hybridized carbons (Fsp3) is 0.0182. The second-order valence-corrected chi connectivity index (χ2v) is 15.4. The summed E-state index contributed by atoms with van der Waals surface area (Å²) in [6.07, 6.45) is 1.89. The molecule has 0 atom stereocenters. The van der Waals surface area contributed by atoms with E-state index in [0.717, 1.165) is 72.5 Å². The van der Waals surface area contributed by atoms with Gasteiger partial charge >= 0.3 is 0 Å². The number of hydrogen-bond acceptors (Lipinski definition) is 5. The van der Waals surface area contributed by atoms with E-state index in [2.05, 4.69) is 138 Å². The van der Waals surface area contributed by atoms with Gasteiger partial charge < -0.3 is 4.74 Å². The standard InChI is InChI=1S/C55H34N4O/c1-3-13-37(14-4-1)52-57-53(38-15-5-2-6-16-38)59-54(58-52)40-28-30-46-44(34-40)43-33-39(35-23-25-36(26-24-35)41-31-32-56-49-20-10-7-17-42(41)49)27-29-45(43)55(46)47-18-8-11-21-50(47)60-51-22-12-9-19-48(51)55/h1-34H. The van der Waals surface area contributed by atoms with E-state index in [-0.39, 0.29) is 0 Å². The van der Waals surface area contributed by atoms with E-state index in [4.69, 9.17) is 19.7 Å². The molecule has 0 unspecified atom stereocenters. The van der Waals surface area contributed by atoms with Crippen LogP contribution in [0.2, 0.25) is 0 Å². The third-order valence-electron chi connectivity index (χ3n) is 12.1. The van der Waals surface area contributed by atoms with Crippen LogP contribution >= 0.6 is 0 Å². The lowest BCUT2D eigenvalue weighted by atomic mass is 9.66. The van der Waals surface area contributed by atoms with Crippen molar-refractivity contribution in [2.45, 2.75) is 5.41 Å². The quantitative estimate of drug-likeness (QED) is 0.175. The molecular formula is C55H34N4O. The molecule has 1 spiro atoms. The lowest BCUT2D eigenvalue weighted by molar-refractivity contribution is 0.436. The van der Waals surface area contributed by atoms with Crippen molar-refractivity contribution < 1.29 is 4.74 Å². The highest BCUT2D eigenvalue weighted by Gasteiger charge is 2.51. The molecule has 2 aliphatic rings. The Bertz CT molecular complexity index is 3180. The van der Waals surface area contributed by atoms with Crippen molar-refractivity contribution in [2.24, 2.45) is 0 Å². The highest BCUT2D eigenvalue weighted by atomic mass is 16.5. The van der Waals surface area contributed by atoms with Gasteiger partial charge in [-0.05, 0) is 80.9 Å². The normalized spacial score (nSPS) is 12.9. The van der Waals surface area contributed by atoms with E-state index < -0.39 is 5.41 Å². The smallest absolute Gasteiger partial charge is 0.164 e. The van der Waals surface area contributed by atoms with E-state index in [1.807, 2.05) is 72.9 Å². The van der Waals surface area contributed by atoms with Crippen LogP contribution in [0.5, 0.6) is 11.5 Å². The molecule has 0 radical (unpaired) electrons. The molecule has 0 bridgehead atoms. The Kier molecular flexibility index (Phi) is 7.69. The average molecular weight is 767 g/mol. The highest BCUT2D eigenvalue weighted by Crippen LogP contribution is 2.62. The first-order valence-corrected chi connectivity index (χ1v) is 20.2. The molecule has 5 nitrogen and oxygen atoms in total. The molecule has 3 heterocycles. The first-order valence-electron chi connectivity index (χ1n) is 20.2. The maximum atomic E-state index is 6.63. The van der Waals surface area contributed by atoms with Crippen LogP contribution in [0.4, 0.5) is 0 Å². The molecule has 0 N–H and O–H groups in total. The van der Waals surface area contributed by atoms with Gasteiger partial charge in [-0.3, -0.25) is 4.98 Å².